The predicted molar refractivity (Wildman–Crippen MR) is 64.9 cm³/mol. The topological polar surface area (TPSA) is 66.4 Å². The summed E-state index contributed by atoms with van der Waals surface area (Å²) in [6, 6.07) is 2.17. The van der Waals surface area contributed by atoms with Gasteiger partial charge in [-0.05, 0) is 36.8 Å². The molecular formula is C12H15F2NO3S. The molecule has 0 atom stereocenters. The second-order valence-electron chi connectivity index (χ2n) is 4.90. The van der Waals surface area contributed by atoms with Crippen molar-refractivity contribution in [1.29, 1.82) is 0 Å². The molecule has 1 fully saturated rings. The standard InChI is InChI=1S/C12H15F2NO3S/c13-9-5-10(14)7-11(6-9)19(17,18)15-8-12(1-2-12)3-4-16/h5-7,15-16H,1-4,8H2. The molecule has 1 aliphatic carbocycles. The molecule has 0 saturated heterocycles. The van der Waals surface area contributed by atoms with Gasteiger partial charge in [0.15, 0.2) is 0 Å². The van der Waals surface area contributed by atoms with Crippen LogP contribution in [0.25, 0.3) is 0 Å². The molecule has 2 rings (SSSR count). The summed E-state index contributed by atoms with van der Waals surface area (Å²) in [5.74, 6) is -1.87. The smallest absolute Gasteiger partial charge is 0.240 e. The van der Waals surface area contributed by atoms with Gasteiger partial charge in [0.25, 0.3) is 0 Å². The van der Waals surface area contributed by atoms with Crippen LogP contribution in [0.4, 0.5) is 8.78 Å². The first-order valence-electron chi connectivity index (χ1n) is 5.94. The highest BCUT2D eigenvalue weighted by molar-refractivity contribution is 7.89. The molecule has 0 amide bonds. The van der Waals surface area contributed by atoms with Gasteiger partial charge < -0.3 is 5.11 Å². The summed E-state index contributed by atoms with van der Waals surface area (Å²) >= 11 is 0. The Labute approximate surface area is 110 Å². The van der Waals surface area contributed by atoms with Crippen molar-refractivity contribution in [1.82, 2.24) is 4.72 Å². The van der Waals surface area contributed by atoms with Gasteiger partial charge in [-0.2, -0.15) is 0 Å². The SMILES string of the molecule is O=S(=O)(NCC1(CCO)CC1)c1cc(F)cc(F)c1. The van der Waals surface area contributed by atoms with Crippen LogP contribution in [0.2, 0.25) is 0 Å². The molecule has 0 spiro atoms. The van der Waals surface area contributed by atoms with Crippen LogP contribution in [0.1, 0.15) is 19.3 Å². The van der Waals surface area contributed by atoms with Gasteiger partial charge in [-0.15, -0.1) is 0 Å². The van der Waals surface area contributed by atoms with Crippen molar-refractivity contribution in [3.63, 3.8) is 0 Å². The quantitative estimate of drug-likeness (QED) is 0.832. The fraction of sp³-hybridized carbons (Fsp3) is 0.500. The lowest BCUT2D eigenvalue weighted by molar-refractivity contribution is 0.249. The van der Waals surface area contributed by atoms with Crippen LogP contribution in [-0.2, 0) is 10.0 Å². The zero-order valence-electron chi connectivity index (χ0n) is 10.2. The van der Waals surface area contributed by atoms with E-state index in [9.17, 15) is 17.2 Å². The minimum Gasteiger partial charge on any atom is -0.396 e. The predicted octanol–water partition coefficient (Wildman–Crippen LogP) is 1.41. The van der Waals surface area contributed by atoms with E-state index in [1.165, 1.54) is 0 Å². The maximum absolute atomic E-state index is 13.0. The third-order valence-corrected chi connectivity index (χ3v) is 4.76. The van der Waals surface area contributed by atoms with E-state index < -0.39 is 26.6 Å². The minimum atomic E-state index is -3.93. The largest absolute Gasteiger partial charge is 0.396 e. The maximum Gasteiger partial charge on any atom is 0.240 e. The Kier molecular flexibility index (Phi) is 3.89. The number of aliphatic hydroxyl groups excluding tert-OH is 1. The first-order valence-corrected chi connectivity index (χ1v) is 7.42. The van der Waals surface area contributed by atoms with Crippen LogP contribution in [0.5, 0.6) is 0 Å². The lowest BCUT2D eigenvalue weighted by Gasteiger charge is -2.14. The fourth-order valence-electron chi connectivity index (χ4n) is 1.94. The Bertz CT molecular complexity index is 550. The highest BCUT2D eigenvalue weighted by Crippen LogP contribution is 2.48. The highest BCUT2D eigenvalue weighted by atomic mass is 32.2. The van der Waals surface area contributed by atoms with E-state index in [0.717, 1.165) is 25.0 Å². The van der Waals surface area contributed by atoms with Gasteiger partial charge in [-0.1, -0.05) is 0 Å². The molecule has 4 nitrogen and oxygen atoms in total. The van der Waals surface area contributed by atoms with Gasteiger partial charge in [0.2, 0.25) is 10.0 Å². The summed E-state index contributed by atoms with van der Waals surface area (Å²) in [5.41, 5.74) is -0.201. The van der Waals surface area contributed by atoms with Crippen molar-refractivity contribution >= 4 is 10.0 Å². The third kappa shape index (κ3) is 3.49. The van der Waals surface area contributed by atoms with E-state index in [-0.39, 0.29) is 18.6 Å². The molecule has 2 N–H and O–H groups in total. The zero-order valence-corrected chi connectivity index (χ0v) is 11.0. The van der Waals surface area contributed by atoms with Crippen molar-refractivity contribution in [3.8, 4) is 0 Å². The van der Waals surface area contributed by atoms with Crippen molar-refractivity contribution in [2.75, 3.05) is 13.2 Å². The zero-order chi connectivity index (χ0) is 14.1. The molecule has 1 aromatic rings. The second kappa shape index (κ2) is 5.15. The minimum absolute atomic E-state index is 0.00365. The number of nitrogens with one attached hydrogen (secondary N) is 1. The molecule has 0 radical (unpaired) electrons. The van der Waals surface area contributed by atoms with Crippen molar-refractivity contribution in [3.05, 3.63) is 29.8 Å². The molecule has 0 aromatic heterocycles. The third-order valence-electron chi connectivity index (χ3n) is 3.38. The molecule has 1 aromatic carbocycles. The van der Waals surface area contributed by atoms with E-state index >= 15 is 0 Å². The molecule has 106 valence electrons. The summed E-state index contributed by atoms with van der Waals surface area (Å²) in [6.45, 7) is 0.171. The van der Waals surface area contributed by atoms with Gasteiger partial charge >= 0.3 is 0 Å². The van der Waals surface area contributed by atoms with Crippen LogP contribution in [0.15, 0.2) is 23.1 Å². The van der Waals surface area contributed by atoms with E-state index in [4.69, 9.17) is 5.11 Å². The number of rotatable bonds is 6. The summed E-state index contributed by atoms with van der Waals surface area (Å²) in [4.78, 5) is -0.426. The van der Waals surface area contributed by atoms with Gasteiger partial charge in [0.1, 0.15) is 11.6 Å². The average Bonchev–Trinajstić information content (AvgIpc) is 3.06. The summed E-state index contributed by atoms with van der Waals surface area (Å²) in [6.07, 6.45) is 2.20. The van der Waals surface area contributed by atoms with E-state index in [1.54, 1.807) is 0 Å². The fourth-order valence-corrected chi connectivity index (χ4v) is 3.14. The number of sulfonamides is 1. The molecular weight excluding hydrogens is 276 g/mol. The number of benzene rings is 1. The maximum atomic E-state index is 13.0. The summed E-state index contributed by atoms with van der Waals surface area (Å²) < 4.78 is 52.2. The Hall–Kier alpha value is -1.05. The number of halogens is 2. The normalized spacial score (nSPS) is 17.4. The molecule has 0 bridgehead atoms. The van der Waals surface area contributed by atoms with Crippen LogP contribution < -0.4 is 4.72 Å². The Morgan fingerprint density at radius 2 is 1.79 bits per heavy atom. The monoisotopic (exact) mass is 291 g/mol. The summed E-state index contributed by atoms with van der Waals surface area (Å²) in [5, 5.41) is 8.88. The number of hydrogen-bond donors (Lipinski definition) is 2. The lowest BCUT2D eigenvalue weighted by Crippen LogP contribution is -2.31. The van der Waals surface area contributed by atoms with Crippen molar-refractivity contribution < 1.29 is 22.3 Å². The molecule has 19 heavy (non-hydrogen) atoms. The van der Waals surface area contributed by atoms with Crippen LogP contribution >= 0.6 is 0 Å². The van der Waals surface area contributed by atoms with Crippen LogP contribution in [0.3, 0.4) is 0 Å². The van der Waals surface area contributed by atoms with Gasteiger partial charge in [0, 0.05) is 19.2 Å². The molecule has 1 aliphatic rings. The Morgan fingerprint density at radius 3 is 2.26 bits per heavy atom. The average molecular weight is 291 g/mol. The number of hydrogen-bond acceptors (Lipinski definition) is 3. The molecule has 0 heterocycles. The lowest BCUT2D eigenvalue weighted by atomic mass is 10.0. The van der Waals surface area contributed by atoms with Crippen molar-refractivity contribution in [2.45, 2.75) is 24.2 Å². The molecule has 7 heteroatoms. The molecule has 0 unspecified atom stereocenters. The highest BCUT2D eigenvalue weighted by Gasteiger charge is 2.42. The van der Waals surface area contributed by atoms with E-state index in [0.29, 0.717) is 12.5 Å². The van der Waals surface area contributed by atoms with Gasteiger partial charge in [-0.3, -0.25) is 0 Å². The summed E-state index contributed by atoms with van der Waals surface area (Å²) in [7, 11) is -3.93. The first-order chi connectivity index (χ1) is 8.87. The molecule has 1 saturated carbocycles. The van der Waals surface area contributed by atoms with Crippen LogP contribution in [0, 0.1) is 17.0 Å². The van der Waals surface area contributed by atoms with E-state index in [1.807, 2.05) is 0 Å². The van der Waals surface area contributed by atoms with E-state index in [2.05, 4.69) is 4.72 Å². The Balaban J connectivity index is 2.10. The van der Waals surface area contributed by atoms with Crippen LogP contribution in [-0.4, -0.2) is 26.7 Å². The van der Waals surface area contributed by atoms with Crippen molar-refractivity contribution in [2.24, 2.45) is 5.41 Å². The molecule has 0 aliphatic heterocycles. The van der Waals surface area contributed by atoms with Gasteiger partial charge in [-0.25, -0.2) is 21.9 Å². The van der Waals surface area contributed by atoms with Gasteiger partial charge in [0.05, 0.1) is 4.90 Å². The number of aliphatic hydroxyl groups is 1. The first kappa shape index (κ1) is 14.4. The Morgan fingerprint density at radius 1 is 1.21 bits per heavy atom. The second-order valence-corrected chi connectivity index (χ2v) is 6.67.